The van der Waals surface area contributed by atoms with E-state index in [1.54, 1.807) is 0 Å². The summed E-state index contributed by atoms with van der Waals surface area (Å²) < 4.78 is 0. The summed E-state index contributed by atoms with van der Waals surface area (Å²) in [5.74, 6) is 1.93. The molecular weight excluding hydrogens is 372 g/mol. The molecule has 0 heteroatoms. The van der Waals surface area contributed by atoms with E-state index in [0.717, 1.165) is 11.8 Å². The molecule has 0 aliphatic rings. The molecule has 2 atom stereocenters. The molecule has 0 heterocycles. The van der Waals surface area contributed by atoms with Crippen molar-refractivity contribution in [3.8, 4) is 0 Å². The van der Waals surface area contributed by atoms with Crippen LogP contribution in [0, 0.1) is 11.8 Å². The second-order valence-electron chi connectivity index (χ2n) is 11.1. The molecule has 188 valence electrons. The highest BCUT2D eigenvalue weighted by molar-refractivity contribution is 4.58. The molecule has 2 unspecified atom stereocenters. The minimum absolute atomic E-state index is 0.965. The fourth-order valence-electron chi connectivity index (χ4n) is 5.06. The Labute approximate surface area is 200 Å². The lowest BCUT2D eigenvalue weighted by atomic mass is 9.94. The van der Waals surface area contributed by atoms with Crippen LogP contribution in [0.25, 0.3) is 0 Å². The number of hydrogen-bond donors (Lipinski definition) is 0. The van der Waals surface area contributed by atoms with Crippen LogP contribution in [-0.2, 0) is 0 Å². The second kappa shape index (κ2) is 26.3. The monoisotopic (exact) mass is 437 g/mol. The number of rotatable bonds is 26. The summed E-state index contributed by atoms with van der Waals surface area (Å²) in [6.45, 7) is 9.60. The molecule has 0 fully saturated rings. The molecule has 0 saturated heterocycles. The topological polar surface area (TPSA) is 0 Å². The largest absolute Gasteiger partial charge is 0.0654 e. The Kier molecular flexibility index (Phi) is 26.3. The third kappa shape index (κ3) is 26.1. The molecular formula is C31H64. The van der Waals surface area contributed by atoms with Crippen LogP contribution in [0.4, 0.5) is 0 Å². The molecule has 0 rings (SSSR count). The lowest BCUT2D eigenvalue weighted by Gasteiger charge is -2.12. The highest BCUT2D eigenvalue weighted by Crippen LogP contribution is 2.21. The van der Waals surface area contributed by atoms with Gasteiger partial charge in [-0.1, -0.05) is 188 Å². The summed E-state index contributed by atoms with van der Waals surface area (Å²) in [4.78, 5) is 0. The minimum Gasteiger partial charge on any atom is -0.0654 e. The quantitative estimate of drug-likeness (QED) is 0.118. The van der Waals surface area contributed by atoms with E-state index in [1.165, 1.54) is 161 Å². The summed E-state index contributed by atoms with van der Waals surface area (Å²) in [6, 6.07) is 0. The van der Waals surface area contributed by atoms with Crippen LogP contribution in [-0.4, -0.2) is 0 Å². The first-order chi connectivity index (χ1) is 15.2. The average Bonchev–Trinajstić information content (AvgIpc) is 2.76. The van der Waals surface area contributed by atoms with E-state index < -0.39 is 0 Å². The zero-order chi connectivity index (χ0) is 22.8. The predicted molar refractivity (Wildman–Crippen MR) is 145 cm³/mol. The first-order valence-corrected chi connectivity index (χ1v) is 15.2. The van der Waals surface area contributed by atoms with Gasteiger partial charge in [-0.2, -0.15) is 0 Å². The van der Waals surface area contributed by atoms with Crippen molar-refractivity contribution in [2.24, 2.45) is 11.8 Å². The molecule has 0 nitrogen and oxygen atoms in total. The van der Waals surface area contributed by atoms with Crippen molar-refractivity contribution in [1.29, 1.82) is 0 Å². The van der Waals surface area contributed by atoms with Crippen LogP contribution < -0.4 is 0 Å². The van der Waals surface area contributed by atoms with Crippen molar-refractivity contribution in [3.05, 3.63) is 0 Å². The van der Waals surface area contributed by atoms with Gasteiger partial charge in [0, 0.05) is 0 Å². The standard InChI is InChI=1S/C31H64/c1-5-7-9-11-13-15-18-22-26-30(3)28-24-20-17-21-25-29-31(4)27-23-19-16-14-12-10-8-6-2/h30-31H,5-29H2,1-4H3. The molecule has 0 amide bonds. The van der Waals surface area contributed by atoms with Crippen molar-refractivity contribution in [2.45, 2.75) is 188 Å². The first kappa shape index (κ1) is 31.0. The van der Waals surface area contributed by atoms with Gasteiger partial charge in [-0.05, 0) is 11.8 Å². The van der Waals surface area contributed by atoms with Gasteiger partial charge in [0.05, 0.1) is 0 Å². The van der Waals surface area contributed by atoms with Gasteiger partial charge < -0.3 is 0 Å². The van der Waals surface area contributed by atoms with E-state index in [-0.39, 0.29) is 0 Å². The van der Waals surface area contributed by atoms with Crippen LogP contribution in [0.15, 0.2) is 0 Å². The highest BCUT2D eigenvalue weighted by Gasteiger charge is 2.04. The van der Waals surface area contributed by atoms with E-state index >= 15 is 0 Å². The van der Waals surface area contributed by atoms with E-state index in [9.17, 15) is 0 Å². The lowest BCUT2D eigenvalue weighted by Crippen LogP contribution is -1.96. The smallest absolute Gasteiger partial charge is 0.0443 e. The molecule has 0 aromatic heterocycles. The second-order valence-corrected chi connectivity index (χ2v) is 11.1. The molecule has 0 N–H and O–H groups in total. The summed E-state index contributed by atoms with van der Waals surface area (Å²) in [5, 5.41) is 0. The lowest BCUT2D eigenvalue weighted by molar-refractivity contribution is 0.416. The van der Waals surface area contributed by atoms with Crippen molar-refractivity contribution in [2.75, 3.05) is 0 Å². The third-order valence-electron chi connectivity index (χ3n) is 7.49. The van der Waals surface area contributed by atoms with Gasteiger partial charge >= 0.3 is 0 Å². The fraction of sp³-hybridized carbons (Fsp3) is 1.00. The highest BCUT2D eigenvalue weighted by atomic mass is 14.1. The Morgan fingerprint density at radius 2 is 0.484 bits per heavy atom. The van der Waals surface area contributed by atoms with Crippen LogP contribution in [0.5, 0.6) is 0 Å². The Balaban J connectivity index is 3.25. The normalized spacial score (nSPS) is 13.5. The molecule has 0 aromatic carbocycles. The number of hydrogen-bond acceptors (Lipinski definition) is 0. The minimum atomic E-state index is 0.965. The summed E-state index contributed by atoms with van der Waals surface area (Å²) in [5.41, 5.74) is 0. The Hall–Kier alpha value is 0. The molecule has 0 aromatic rings. The van der Waals surface area contributed by atoms with Crippen molar-refractivity contribution in [1.82, 2.24) is 0 Å². The van der Waals surface area contributed by atoms with Gasteiger partial charge in [0.2, 0.25) is 0 Å². The van der Waals surface area contributed by atoms with Crippen molar-refractivity contribution in [3.63, 3.8) is 0 Å². The van der Waals surface area contributed by atoms with Crippen LogP contribution in [0.3, 0.4) is 0 Å². The van der Waals surface area contributed by atoms with E-state index in [1.807, 2.05) is 0 Å². The maximum Gasteiger partial charge on any atom is -0.0443 e. The summed E-state index contributed by atoms with van der Waals surface area (Å²) in [7, 11) is 0. The van der Waals surface area contributed by atoms with Crippen LogP contribution in [0.2, 0.25) is 0 Å². The molecule has 0 aliphatic carbocycles. The third-order valence-corrected chi connectivity index (χ3v) is 7.49. The Morgan fingerprint density at radius 1 is 0.290 bits per heavy atom. The van der Waals surface area contributed by atoms with Gasteiger partial charge in [0.1, 0.15) is 0 Å². The SMILES string of the molecule is CCCCCCCCCCC(C)CCCCCCCC(C)CCCCCCCCCC. The summed E-state index contributed by atoms with van der Waals surface area (Å²) in [6.07, 6.45) is 36.6. The van der Waals surface area contributed by atoms with Gasteiger partial charge in [-0.3, -0.25) is 0 Å². The van der Waals surface area contributed by atoms with E-state index in [0.29, 0.717) is 0 Å². The summed E-state index contributed by atoms with van der Waals surface area (Å²) >= 11 is 0. The average molecular weight is 437 g/mol. The zero-order valence-corrected chi connectivity index (χ0v) is 22.8. The van der Waals surface area contributed by atoms with E-state index in [4.69, 9.17) is 0 Å². The van der Waals surface area contributed by atoms with Crippen LogP contribution >= 0.6 is 0 Å². The fourth-order valence-corrected chi connectivity index (χ4v) is 5.06. The van der Waals surface area contributed by atoms with Gasteiger partial charge in [0.25, 0.3) is 0 Å². The van der Waals surface area contributed by atoms with Crippen molar-refractivity contribution < 1.29 is 0 Å². The maximum absolute atomic E-state index is 2.49. The maximum atomic E-state index is 2.49. The van der Waals surface area contributed by atoms with Gasteiger partial charge in [-0.25, -0.2) is 0 Å². The Morgan fingerprint density at radius 3 is 0.710 bits per heavy atom. The molecule has 0 aliphatic heterocycles. The van der Waals surface area contributed by atoms with Crippen LogP contribution in [0.1, 0.15) is 188 Å². The predicted octanol–water partition coefficient (Wildman–Crippen LogP) is 12.1. The molecule has 0 bridgehead atoms. The zero-order valence-electron chi connectivity index (χ0n) is 22.8. The molecule has 0 radical (unpaired) electrons. The number of unbranched alkanes of at least 4 members (excludes halogenated alkanes) is 18. The molecule has 0 spiro atoms. The van der Waals surface area contributed by atoms with Crippen molar-refractivity contribution >= 4 is 0 Å². The molecule has 31 heavy (non-hydrogen) atoms. The van der Waals surface area contributed by atoms with E-state index in [2.05, 4.69) is 27.7 Å². The Bertz CT molecular complexity index is 277. The van der Waals surface area contributed by atoms with Gasteiger partial charge in [0.15, 0.2) is 0 Å². The first-order valence-electron chi connectivity index (χ1n) is 15.2. The molecule has 0 saturated carbocycles. The van der Waals surface area contributed by atoms with Gasteiger partial charge in [-0.15, -0.1) is 0 Å².